The molecule has 0 unspecified atom stereocenters. The molecule has 1 amide bonds. The second kappa shape index (κ2) is 5.43. The highest BCUT2D eigenvalue weighted by atomic mass is 32.2. The van der Waals surface area contributed by atoms with Gasteiger partial charge in [0.15, 0.2) is 0 Å². The van der Waals surface area contributed by atoms with Crippen molar-refractivity contribution in [3.8, 4) is 0 Å². The Morgan fingerprint density at radius 3 is 3.08 bits per heavy atom. The zero-order valence-corrected chi connectivity index (χ0v) is 8.32. The van der Waals surface area contributed by atoms with Gasteiger partial charge < -0.3 is 10.2 Å². The Balaban J connectivity index is 2.32. The molecule has 4 heteroatoms. The SMILES string of the molecule is CNCC(=O)N1CCCSCC1. The van der Waals surface area contributed by atoms with Gasteiger partial charge in [0.25, 0.3) is 0 Å². The number of carbonyl (C=O) groups is 1. The summed E-state index contributed by atoms with van der Waals surface area (Å²) in [6, 6.07) is 0. The summed E-state index contributed by atoms with van der Waals surface area (Å²) in [7, 11) is 1.81. The molecule has 0 bridgehead atoms. The average molecular weight is 188 g/mol. The minimum atomic E-state index is 0.236. The highest BCUT2D eigenvalue weighted by Gasteiger charge is 2.13. The molecule has 3 nitrogen and oxygen atoms in total. The third kappa shape index (κ3) is 3.03. The molecule has 0 aromatic rings. The van der Waals surface area contributed by atoms with Gasteiger partial charge in [0, 0.05) is 18.8 Å². The largest absolute Gasteiger partial charge is 0.341 e. The van der Waals surface area contributed by atoms with Gasteiger partial charge in [-0.15, -0.1) is 0 Å². The molecule has 0 aromatic heterocycles. The Kier molecular flexibility index (Phi) is 4.46. The van der Waals surface area contributed by atoms with Crippen LogP contribution in [0.2, 0.25) is 0 Å². The van der Waals surface area contributed by atoms with Crippen LogP contribution >= 0.6 is 11.8 Å². The van der Waals surface area contributed by atoms with Gasteiger partial charge in [-0.1, -0.05) is 0 Å². The summed E-state index contributed by atoms with van der Waals surface area (Å²) >= 11 is 1.94. The first-order valence-electron chi connectivity index (χ1n) is 4.34. The van der Waals surface area contributed by atoms with E-state index in [0.717, 1.165) is 25.3 Å². The molecule has 1 rings (SSSR count). The average Bonchev–Trinajstić information content (AvgIpc) is 2.32. The third-order valence-corrected chi connectivity index (χ3v) is 2.95. The summed E-state index contributed by atoms with van der Waals surface area (Å²) in [4.78, 5) is 13.4. The maximum absolute atomic E-state index is 11.4. The molecule has 1 fully saturated rings. The van der Waals surface area contributed by atoms with Crippen molar-refractivity contribution in [3.05, 3.63) is 0 Å². The van der Waals surface area contributed by atoms with Crippen molar-refractivity contribution in [2.45, 2.75) is 6.42 Å². The number of amides is 1. The van der Waals surface area contributed by atoms with Crippen LogP contribution in [0.4, 0.5) is 0 Å². The minimum Gasteiger partial charge on any atom is -0.341 e. The summed E-state index contributed by atoms with van der Waals surface area (Å²) in [6.45, 7) is 2.34. The van der Waals surface area contributed by atoms with Crippen molar-refractivity contribution in [3.63, 3.8) is 0 Å². The monoisotopic (exact) mass is 188 g/mol. The Morgan fingerprint density at radius 2 is 2.33 bits per heavy atom. The molecule has 1 heterocycles. The minimum absolute atomic E-state index is 0.236. The highest BCUT2D eigenvalue weighted by Crippen LogP contribution is 2.09. The molecule has 1 aliphatic heterocycles. The molecule has 12 heavy (non-hydrogen) atoms. The van der Waals surface area contributed by atoms with E-state index in [1.807, 2.05) is 23.7 Å². The Morgan fingerprint density at radius 1 is 1.50 bits per heavy atom. The Hall–Kier alpha value is -0.220. The second-order valence-electron chi connectivity index (χ2n) is 2.88. The van der Waals surface area contributed by atoms with Crippen LogP contribution in [-0.4, -0.2) is 49.0 Å². The first-order valence-corrected chi connectivity index (χ1v) is 5.50. The first kappa shape index (κ1) is 9.86. The molecule has 70 valence electrons. The molecule has 1 aliphatic rings. The molecule has 0 spiro atoms. The summed E-state index contributed by atoms with van der Waals surface area (Å²) in [5.41, 5.74) is 0. The number of hydrogen-bond acceptors (Lipinski definition) is 3. The predicted molar refractivity (Wildman–Crippen MR) is 52.4 cm³/mol. The molecule has 0 aromatic carbocycles. The van der Waals surface area contributed by atoms with Gasteiger partial charge in [0.05, 0.1) is 6.54 Å². The van der Waals surface area contributed by atoms with Crippen molar-refractivity contribution in [1.82, 2.24) is 10.2 Å². The number of carbonyl (C=O) groups excluding carboxylic acids is 1. The van der Waals surface area contributed by atoms with E-state index in [4.69, 9.17) is 0 Å². The fourth-order valence-corrected chi connectivity index (χ4v) is 2.15. The van der Waals surface area contributed by atoms with E-state index >= 15 is 0 Å². The lowest BCUT2D eigenvalue weighted by atomic mass is 10.4. The molecule has 0 atom stereocenters. The van der Waals surface area contributed by atoms with Crippen LogP contribution in [0.5, 0.6) is 0 Å². The van der Waals surface area contributed by atoms with Crippen LogP contribution < -0.4 is 5.32 Å². The van der Waals surface area contributed by atoms with Crippen LogP contribution in [-0.2, 0) is 4.79 Å². The van der Waals surface area contributed by atoms with Crippen molar-refractivity contribution in [1.29, 1.82) is 0 Å². The maximum Gasteiger partial charge on any atom is 0.236 e. The molecular weight excluding hydrogens is 172 g/mol. The smallest absolute Gasteiger partial charge is 0.236 e. The van der Waals surface area contributed by atoms with Gasteiger partial charge in [-0.25, -0.2) is 0 Å². The lowest BCUT2D eigenvalue weighted by Crippen LogP contribution is -2.38. The van der Waals surface area contributed by atoms with E-state index in [2.05, 4.69) is 5.32 Å². The highest BCUT2D eigenvalue weighted by molar-refractivity contribution is 7.99. The van der Waals surface area contributed by atoms with Crippen molar-refractivity contribution in [2.24, 2.45) is 0 Å². The number of likely N-dealkylation sites (N-methyl/N-ethyl adjacent to an activating group) is 1. The normalized spacial score (nSPS) is 18.9. The predicted octanol–water partition coefficient (Wildman–Crippen LogP) is 0.171. The van der Waals surface area contributed by atoms with E-state index in [9.17, 15) is 4.79 Å². The molecule has 1 N–H and O–H groups in total. The topological polar surface area (TPSA) is 32.3 Å². The van der Waals surface area contributed by atoms with Gasteiger partial charge in [0.1, 0.15) is 0 Å². The summed E-state index contributed by atoms with van der Waals surface area (Å²) < 4.78 is 0. The van der Waals surface area contributed by atoms with Crippen molar-refractivity contribution >= 4 is 17.7 Å². The summed E-state index contributed by atoms with van der Waals surface area (Å²) in [5.74, 6) is 2.53. The van der Waals surface area contributed by atoms with Gasteiger partial charge in [0.2, 0.25) is 5.91 Å². The molecule has 0 aliphatic carbocycles. The summed E-state index contributed by atoms with van der Waals surface area (Å²) in [5, 5.41) is 2.89. The molecule has 0 saturated carbocycles. The lowest BCUT2D eigenvalue weighted by molar-refractivity contribution is -0.129. The zero-order chi connectivity index (χ0) is 8.81. The standard InChI is InChI=1S/C8H16N2OS/c1-9-7-8(11)10-3-2-5-12-6-4-10/h9H,2-7H2,1H3. The van der Waals surface area contributed by atoms with E-state index in [-0.39, 0.29) is 5.91 Å². The number of nitrogens with one attached hydrogen (secondary N) is 1. The number of rotatable bonds is 2. The summed E-state index contributed by atoms with van der Waals surface area (Å²) in [6.07, 6.45) is 1.14. The fourth-order valence-electron chi connectivity index (χ4n) is 1.26. The Labute approximate surface area is 77.9 Å². The van der Waals surface area contributed by atoms with Gasteiger partial charge in [-0.05, 0) is 19.2 Å². The quantitative estimate of drug-likeness (QED) is 0.670. The van der Waals surface area contributed by atoms with Crippen LogP contribution in [0.25, 0.3) is 0 Å². The maximum atomic E-state index is 11.4. The molecule has 1 saturated heterocycles. The molecular formula is C8H16N2OS. The van der Waals surface area contributed by atoms with E-state index in [0.29, 0.717) is 6.54 Å². The molecule has 0 radical (unpaired) electrons. The third-order valence-electron chi connectivity index (χ3n) is 1.90. The van der Waals surface area contributed by atoms with E-state index in [1.54, 1.807) is 0 Å². The van der Waals surface area contributed by atoms with Gasteiger partial charge in [-0.2, -0.15) is 11.8 Å². The van der Waals surface area contributed by atoms with E-state index < -0.39 is 0 Å². The number of thioether (sulfide) groups is 1. The van der Waals surface area contributed by atoms with Crippen molar-refractivity contribution in [2.75, 3.05) is 38.2 Å². The van der Waals surface area contributed by atoms with Crippen LogP contribution in [0.1, 0.15) is 6.42 Å². The van der Waals surface area contributed by atoms with Crippen molar-refractivity contribution < 1.29 is 4.79 Å². The number of hydrogen-bond donors (Lipinski definition) is 1. The first-order chi connectivity index (χ1) is 5.84. The van der Waals surface area contributed by atoms with Gasteiger partial charge >= 0.3 is 0 Å². The Bertz CT molecular complexity index is 144. The fraction of sp³-hybridized carbons (Fsp3) is 0.875. The zero-order valence-electron chi connectivity index (χ0n) is 7.51. The van der Waals surface area contributed by atoms with E-state index in [1.165, 1.54) is 5.75 Å². The second-order valence-corrected chi connectivity index (χ2v) is 4.10. The van der Waals surface area contributed by atoms with Crippen LogP contribution in [0.3, 0.4) is 0 Å². The van der Waals surface area contributed by atoms with Gasteiger partial charge in [-0.3, -0.25) is 4.79 Å². The van der Waals surface area contributed by atoms with Crippen LogP contribution in [0, 0.1) is 0 Å². The van der Waals surface area contributed by atoms with Crippen LogP contribution in [0.15, 0.2) is 0 Å². The lowest BCUT2D eigenvalue weighted by Gasteiger charge is -2.19. The number of nitrogens with zero attached hydrogens (tertiary/aromatic N) is 1.